The maximum Gasteiger partial charge on any atom is 0.0462 e. The molecule has 1 aromatic carbocycles. The summed E-state index contributed by atoms with van der Waals surface area (Å²) in [7, 11) is 0. The Bertz CT molecular complexity index is 321. The molecule has 0 aliphatic carbocycles. The third-order valence-electron chi connectivity index (χ3n) is 3.10. The van der Waals surface area contributed by atoms with E-state index in [1.54, 1.807) is 0 Å². The molecule has 0 fully saturated rings. The summed E-state index contributed by atoms with van der Waals surface area (Å²) < 4.78 is 0. The fourth-order valence-electron chi connectivity index (χ4n) is 2.14. The van der Waals surface area contributed by atoms with E-state index in [0.717, 1.165) is 6.42 Å². The van der Waals surface area contributed by atoms with E-state index in [0.29, 0.717) is 6.04 Å². The fraction of sp³-hybridized carbons (Fsp3) is 0.571. The molecule has 90 valence electrons. The van der Waals surface area contributed by atoms with Crippen LogP contribution in [0.1, 0.15) is 55.3 Å². The zero-order chi connectivity index (χ0) is 12.0. The molecule has 0 heterocycles. The number of hydrogen-bond acceptors (Lipinski definition) is 2. The highest BCUT2D eigenvalue weighted by molar-refractivity contribution is 5.32. The van der Waals surface area contributed by atoms with Crippen LogP contribution < -0.4 is 11.3 Å². The van der Waals surface area contributed by atoms with Gasteiger partial charge >= 0.3 is 0 Å². The zero-order valence-corrected chi connectivity index (χ0v) is 10.7. The lowest BCUT2D eigenvalue weighted by molar-refractivity contribution is 0.485. The summed E-state index contributed by atoms with van der Waals surface area (Å²) in [5, 5.41) is 0. The van der Waals surface area contributed by atoms with E-state index in [1.807, 2.05) is 0 Å². The Kier molecular flexibility index (Phi) is 5.50. The molecule has 2 nitrogen and oxygen atoms in total. The van der Waals surface area contributed by atoms with Gasteiger partial charge in [0.05, 0.1) is 0 Å². The Morgan fingerprint density at radius 1 is 1.25 bits per heavy atom. The second kappa shape index (κ2) is 6.66. The van der Waals surface area contributed by atoms with Crippen LogP contribution in [-0.2, 0) is 0 Å². The lowest BCUT2D eigenvalue weighted by Gasteiger charge is -2.18. The minimum Gasteiger partial charge on any atom is -0.271 e. The highest BCUT2D eigenvalue weighted by Gasteiger charge is 2.11. The fourth-order valence-corrected chi connectivity index (χ4v) is 2.14. The van der Waals surface area contributed by atoms with Crippen LogP contribution in [0.25, 0.3) is 0 Å². The minimum atomic E-state index is 0.298. The van der Waals surface area contributed by atoms with Gasteiger partial charge in [-0.3, -0.25) is 11.3 Å². The van der Waals surface area contributed by atoms with Crippen molar-refractivity contribution in [2.24, 2.45) is 5.84 Å². The van der Waals surface area contributed by atoms with Crippen LogP contribution in [0.4, 0.5) is 0 Å². The van der Waals surface area contributed by atoms with Gasteiger partial charge in [-0.15, -0.1) is 0 Å². The number of nitrogens with one attached hydrogen (secondary N) is 1. The maximum atomic E-state index is 5.64. The summed E-state index contributed by atoms with van der Waals surface area (Å²) in [6.07, 6.45) is 4.89. The van der Waals surface area contributed by atoms with E-state index in [4.69, 9.17) is 5.84 Å². The normalized spacial score (nSPS) is 12.8. The molecule has 0 radical (unpaired) electrons. The monoisotopic (exact) mass is 220 g/mol. The van der Waals surface area contributed by atoms with Gasteiger partial charge in [-0.2, -0.15) is 0 Å². The molecule has 0 aliphatic heterocycles. The SMILES string of the molecule is CCCCCC(NN)c1ccc(C)cc1C. The lowest BCUT2D eigenvalue weighted by atomic mass is 9.96. The highest BCUT2D eigenvalue weighted by atomic mass is 15.2. The smallest absolute Gasteiger partial charge is 0.0462 e. The number of hydrazine groups is 1. The van der Waals surface area contributed by atoms with E-state index in [2.05, 4.69) is 44.4 Å². The van der Waals surface area contributed by atoms with Gasteiger partial charge < -0.3 is 0 Å². The number of hydrogen-bond donors (Lipinski definition) is 2. The Morgan fingerprint density at radius 2 is 2.00 bits per heavy atom. The van der Waals surface area contributed by atoms with Crippen molar-refractivity contribution in [3.63, 3.8) is 0 Å². The van der Waals surface area contributed by atoms with Crippen molar-refractivity contribution in [1.82, 2.24) is 5.43 Å². The molecule has 0 spiro atoms. The van der Waals surface area contributed by atoms with Crippen LogP contribution >= 0.6 is 0 Å². The third kappa shape index (κ3) is 3.62. The van der Waals surface area contributed by atoms with Crippen LogP contribution in [0.2, 0.25) is 0 Å². The van der Waals surface area contributed by atoms with Crippen LogP contribution in [0.15, 0.2) is 18.2 Å². The molecule has 0 aliphatic rings. The largest absolute Gasteiger partial charge is 0.271 e. The van der Waals surface area contributed by atoms with Crippen molar-refractivity contribution >= 4 is 0 Å². The van der Waals surface area contributed by atoms with Gasteiger partial charge in [-0.05, 0) is 31.4 Å². The van der Waals surface area contributed by atoms with E-state index >= 15 is 0 Å². The Morgan fingerprint density at radius 3 is 2.56 bits per heavy atom. The highest BCUT2D eigenvalue weighted by Crippen LogP contribution is 2.23. The van der Waals surface area contributed by atoms with Gasteiger partial charge in [-0.1, -0.05) is 49.9 Å². The van der Waals surface area contributed by atoms with E-state index < -0.39 is 0 Å². The summed E-state index contributed by atoms with van der Waals surface area (Å²) in [6.45, 7) is 6.51. The molecule has 3 N–H and O–H groups in total. The number of rotatable bonds is 6. The summed E-state index contributed by atoms with van der Waals surface area (Å²) in [6, 6.07) is 6.87. The molecule has 0 bridgehead atoms. The zero-order valence-electron chi connectivity index (χ0n) is 10.7. The molecule has 0 saturated carbocycles. The van der Waals surface area contributed by atoms with E-state index in [-0.39, 0.29) is 0 Å². The molecule has 1 rings (SSSR count). The average Bonchev–Trinajstić information content (AvgIpc) is 2.26. The Hall–Kier alpha value is -0.860. The topological polar surface area (TPSA) is 38.0 Å². The first-order valence-corrected chi connectivity index (χ1v) is 6.22. The van der Waals surface area contributed by atoms with Crippen LogP contribution in [0.3, 0.4) is 0 Å². The molecule has 2 heteroatoms. The third-order valence-corrected chi connectivity index (χ3v) is 3.10. The van der Waals surface area contributed by atoms with Crippen molar-refractivity contribution in [3.05, 3.63) is 34.9 Å². The van der Waals surface area contributed by atoms with Crippen molar-refractivity contribution in [1.29, 1.82) is 0 Å². The Balaban J connectivity index is 2.70. The second-order valence-electron chi connectivity index (χ2n) is 4.58. The van der Waals surface area contributed by atoms with Gasteiger partial charge in [0.25, 0.3) is 0 Å². The van der Waals surface area contributed by atoms with Crippen molar-refractivity contribution in [3.8, 4) is 0 Å². The van der Waals surface area contributed by atoms with Gasteiger partial charge in [-0.25, -0.2) is 0 Å². The maximum absolute atomic E-state index is 5.64. The van der Waals surface area contributed by atoms with E-state index in [1.165, 1.54) is 36.0 Å². The molecular formula is C14H24N2. The first kappa shape index (κ1) is 13.2. The van der Waals surface area contributed by atoms with Gasteiger partial charge in [0.2, 0.25) is 0 Å². The molecular weight excluding hydrogens is 196 g/mol. The molecule has 0 aromatic heterocycles. The molecule has 1 unspecified atom stereocenters. The van der Waals surface area contributed by atoms with Crippen molar-refractivity contribution in [2.75, 3.05) is 0 Å². The second-order valence-corrected chi connectivity index (χ2v) is 4.58. The first-order valence-electron chi connectivity index (χ1n) is 6.22. The standard InChI is InChI=1S/C14H24N2/c1-4-5-6-7-14(16-15)13-9-8-11(2)10-12(13)3/h8-10,14,16H,4-7,15H2,1-3H3. The first-order chi connectivity index (χ1) is 7.69. The molecule has 1 aromatic rings. The predicted octanol–water partition coefficient (Wildman–Crippen LogP) is 3.39. The molecule has 0 saturated heterocycles. The van der Waals surface area contributed by atoms with Gasteiger partial charge in [0.15, 0.2) is 0 Å². The van der Waals surface area contributed by atoms with Crippen molar-refractivity contribution in [2.45, 2.75) is 52.5 Å². The number of unbranched alkanes of at least 4 members (excludes halogenated alkanes) is 2. The van der Waals surface area contributed by atoms with Crippen LogP contribution in [0, 0.1) is 13.8 Å². The van der Waals surface area contributed by atoms with E-state index in [9.17, 15) is 0 Å². The molecule has 16 heavy (non-hydrogen) atoms. The lowest BCUT2D eigenvalue weighted by Crippen LogP contribution is -2.28. The number of nitrogens with two attached hydrogens (primary N) is 1. The summed E-state index contributed by atoms with van der Waals surface area (Å²) in [4.78, 5) is 0. The quantitative estimate of drug-likeness (QED) is 0.438. The van der Waals surface area contributed by atoms with Crippen LogP contribution in [0.5, 0.6) is 0 Å². The number of benzene rings is 1. The summed E-state index contributed by atoms with van der Waals surface area (Å²) in [5.41, 5.74) is 6.92. The van der Waals surface area contributed by atoms with Crippen molar-refractivity contribution < 1.29 is 0 Å². The average molecular weight is 220 g/mol. The summed E-state index contributed by atoms with van der Waals surface area (Å²) >= 11 is 0. The Labute approximate surface area is 99.2 Å². The number of aryl methyl sites for hydroxylation is 2. The molecule has 1 atom stereocenters. The van der Waals surface area contributed by atoms with Gasteiger partial charge in [0, 0.05) is 6.04 Å². The molecule has 0 amide bonds. The van der Waals surface area contributed by atoms with Gasteiger partial charge in [0.1, 0.15) is 0 Å². The minimum absolute atomic E-state index is 0.298. The van der Waals surface area contributed by atoms with Crippen LogP contribution in [-0.4, -0.2) is 0 Å². The summed E-state index contributed by atoms with van der Waals surface area (Å²) in [5.74, 6) is 5.64. The predicted molar refractivity (Wildman–Crippen MR) is 70.1 cm³/mol.